The summed E-state index contributed by atoms with van der Waals surface area (Å²) in [4.78, 5) is 30.7. The molecule has 0 spiro atoms. The minimum Gasteiger partial charge on any atom is -0.339 e. The van der Waals surface area contributed by atoms with Gasteiger partial charge in [-0.3, -0.25) is 19.4 Å². The molecule has 1 aliphatic rings. The van der Waals surface area contributed by atoms with Crippen molar-refractivity contribution >= 4 is 18.0 Å². The second-order valence-corrected chi connectivity index (χ2v) is 9.03. The van der Waals surface area contributed by atoms with Crippen molar-refractivity contribution in [1.82, 2.24) is 14.7 Å². The molecule has 0 saturated carbocycles. The molecule has 0 aromatic heterocycles. The Hall–Kier alpha value is -2.96. The van der Waals surface area contributed by atoms with Crippen molar-refractivity contribution in [1.29, 1.82) is 0 Å². The zero-order valence-corrected chi connectivity index (χ0v) is 20.9. The summed E-state index contributed by atoms with van der Waals surface area (Å²) >= 11 is 0. The average molecular weight is 463 g/mol. The van der Waals surface area contributed by atoms with Crippen LogP contribution in [0.1, 0.15) is 55.2 Å². The van der Waals surface area contributed by atoms with Gasteiger partial charge in [0, 0.05) is 56.1 Å². The third-order valence-electron chi connectivity index (χ3n) is 6.81. The van der Waals surface area contributed by atoms with Gasteiger partial charge in [-0.1, -0.05) is 30.3 Å². The number of anilines is 1. The summed E-state index contributed by atoms with van der Waals surface area (Å²) in [5, 5.41) is 2.78. The van der Waals surface area contributed by atoms with Crippen LogP contribution in [0.2, 0.25) is 0 Å². The fourth-order valence-corrected chi connectivity index (χ4v) is 4.95. The molecule has 3 rings (SSSR count). The molecule has 2 aromatic rings. The Morgan fingerprint density at radius 1 is 1.09 bits per heavy atom. The Balaban J connectivity index is 1.99. The van der Waals surface area contributed by atoms with Crippen LogP contribution in [-0.4, -0.2) is 71.8 Å². The molecule has 0 bridgehead atoms. The highest BCUT2D eigenvalue weighted by atomic mass is 16.2. The lowest BCUT2D eigenvalue weighted by Gasteiger charge is -2.47. The van der Waals surface area contributed by atoms with E-state index >= 15 is 0 Å². The number of amides is 2. The van der Waals surface area contributed by atoms with Crippen molar-refractivity contribution < 1.29 is 9.59 Å². The fourth-order valence-electron chi connectivity index (χ4n) is 4.95. The molecule has 2 aromatic carbocycles. The number of carbonyl (C=O) groups is 2. The quantitative estimate of drug-likeness (QED) is 0.420. The molecule has 1 aliphatic heterocycles. The number of carbonyl (C=O) groups excluding carboxylic acids is 2. The molecule has 1 saturated heterocycles. The Morgan fingerprint density at radius 2 is 1.79 bits per heavy atom. The van der Waals surface area contributed by atoms with Crippen LogP contribution in [0.25, 0.3) is 0 Å². The molecule has 3 atom stereocenters. The first-order valence-corrected chi connectivity index (χ1v) is 12.2. The van der Waals surface area contributed by atoms with Gasteiger partial charge in [0.25, 0.3) is 5.91 Å². The van der Waals surface area contributed by atoms with Crippen molar-refractivity contribution in [2.24, 2.45) is 0 Å². The standard InChI is InChI=1S/C28H38N4O2/c1-6-16-31-18-22(5)32(19-21(31)4)27(25-10-9-11-26(17-25)29-20-33)23-12-14-24(15-13-23)28(34)30(7-2)8-3/h6,9-15,17,20-22,27H,1,7-8,16,18-19H2,2-5H3,(H,29,33)/t21-,22+,27?/m1/s1. The maximum atomic E-state index is 12.8. The molecule has 1 N–H and O–H groups in total. The Bertz CT molecular complexity index is 971. The lowest BCUT2D eigenvalue weighted by atomic mass is 9.92. The summed E-state index contributed by atoms with van der Waals surface area (Å²) < 4.78 is 0. The highest BCUT2D eigenvalue weighted by Gasteiger charge is 2.34. The summed E-state index contributed by atoms with van der Waals surface area (Å²) in [5.41, 5.74) is 3.73. The first-order chi connectivity index (χ1) is 16.4. The van der Waals surface area contributed by atoms with E-state index in [1.165, 1.54) is 0 Å². The van der Waals surface area contributed by atoms with Crippen molar-refractivity contribution in [3.05, 3.63) is 77.9 Å². The van der Waals surface area contributed by atoms with Gasteiger partial charge in [0.05, 0.1) is 6.04 Å². The minimum absolute atomic E-state index is 0.00865. The van der Waals surface area contributed by atoms with E-state index in [0.717, 1.165) is 36.4 Å². The molecule has 6 nitrogen and oxygen atoms in total. The van der Waals surface area contributed by atoms with Crippen molar-refractivity contribution in [2.45, 2.75) is 45.8 Å². The lowest BCUT2D eigenvalue weighted by molar-refractivity contribution is -0.105. The number of rotatable bonds is 10. The zero-order valence-electron chi connectivity index (χ0n) is 20.9. The minimum atomic E-state index is 0.00865. The molecule has 1 heterocycles. The van der Waals surface area contributed by atoms with Gasteiger partial charge in [0.1, 0.15) is 0 Å². The maximum absolute atomic E-state index is 12.8. The highest BCUT2D eigenvalue weighted by molar-refractivity contribution is 5.94. The predicted molar refractivity (Wildman–Crippen MR) is 139 cm³/mol. The SMILES string of the molecule is C=CCN1C[C@H](C)N(C(c2ccc(C(=O)N(CC)CC)cc2)c2cccc(NC=O)c2)C[C@H]1C. The second-order valence-electron chi connectivity index (χ2n) is 9.03. The van der Waals surface area contributed by atoms with E-state index in [0.29, 0.717) is 37.1 Å². The molecule has 0 radical (unpaired) electrons. The van der Waals surface area contributed by atoms with Gasteiger partial charge >= 0.3 is 0 Å². The van der Waals surface area contributed by atoms with E-state index in [1.807, 2.05) is 55.2 Å². The van der Waals surface area contributed by atoms with Gasteiger partial charge in [-0.15, -0.1) is 6.58 Å². The zero-order chi connectivity index (χ0) is 24.7. The van der Waals surface area contributed by atoms with Crippen LogP contribution >= 0.6 is 0 Å². The molecule has 0 aliphatic carbocycles. The smallest absolute Gasteiger partial charge is 0.253 e. The van der Waals surface area contributed by atoms with Gasteiger partial charge in [0.2, 0.25) is 6.41 Å². The number of benzene rings is 2. The van der Waals surface area contributed by atoms with Gasteiger partial charge in [-0.05, 0) is 63.1 Å². The normalized spacial score (nSPS) is 19.9. The third kappa shape index (κ3) is 5.75. The summed E-state index contributed by atoms with van der Waals surface area (Å²) in [6, 6.07) is 16.8. The third-order valence-corrected chi connectivity index (χ3v) is 6.81. The first-order valence-electron chi connectivity index (χ1n) is 12.2. The Kier molecular flexibility index (Phi) is 9.02. The summed E-state index contributed by atoms with van der Waals surface area (Å²) in [6.45, 7) is 16.6. The van der Waals surface area contributed by atoms with Gasteiger partial charge in [-0.25, -0.2) is 0 Å². The summed E-state index contributed by atoms with van der Waals surface area (Å²) in [5.74, 6) is 0.0605. The fraction of sp³-hybridized carbons (Fsp3) is 0.429. The molecule has 6 heteroatoms. The van der Waals surface area contributed by atoms with E-state index in [1.54, 1.807) is 0 Å². The molecular formula is C28H38N4O2. The molecule has 1 unspecified atom stereocenters. The predicted octanol–water partition coefficient (Wildman–Crippen LogP) is 4.41. The van der Waals surface area contributed by atoms with Crippen molar-refractivity contribution in [2.75, 3.05) is 38.0 Å². The van der Waals surface area contributed by atoms with Crippen molar-refractivity contribution in [3.63, 3.8) is 0 Å². The van der Waals surface area contributed by atoms with E-state index in [2.05, 4.69) is 53.7 Å². The van der Waals surface area contributed by atoms with Crippen LogP contribution in [0, 0.1) is 0 Å². The van der Waals surface area contributed by atoms with E-state index in [4.69, 9.17) is 0 Å². The van der Waals surface area contributed by atoms with E-state index < -0.39 is 0 Å². The number of piperazine rings is 1. The van der Waals surface area contributed by atoms with Gasteiger partial charge in [0.15, 0.2) is 0 Å². The van der Waals surface area contributed by atoms with E-state index in [9.17, 15) is 9.59 Å². The number of hydrogen-bond acceptors (Lipinski definition) is 4. The van der Waals surface area contributed by atoms with Crippen LogP contribution in [0.15, 0.2) is 61.2 Å². The first kappa shape index (κ1) is 25.7. The molecule has 1 fully saturated rings. The molecular weight excluding hydrogens is 424 g/mol. The van der Waals surface area contributed by atoms with E-state index in [-0.39, 0.29) is 11.9 Å². The molecule has 182 valence electrons. The Labute approximate surface area is 204 Å². The second kappa shape index (κ2) is 12.0. The Morgan fingerprint density at radius 3 is 2.41 bits per heavy atom. The van der Waals surface area contributed by atoms with Crippen LogP contribution < -0.4 is 5.32 Å². The van der Waals surface area contributed by atoms with Crippen LogP contribution in [0.3, 0.4) is 0 Å². The van der Waals surface area contributed by atoms with Gasteiger partial charge in [-0.2, -0.15) is 0 Å². The largest absolute Gasteiger partial charge is 0.339 e. The molecule has 34 heavy (non-hydrogen) atoms. The van der Waals surface area contributed by atoms with Crippen LogP contribution in [0.5, 0.6) is 0 Å². The molecule has 2 amide bonds. The summed E-state index contributed by atoms with van der Waals surface area (Å²) in [6.07, 6.45) is 2.68. The van der Waals surface area contributed by atoms with Gasteiger partial charge < -0.3 is 10.2 Å². The highest BCUT2D eigenvalue weighted by Crippen LogP contribution is 2.34. The summed E-state index contributed by atoms with van der Waals surface area (Å²) in [7, 11) is 0. The number of nitrogens with zero attached hydrogens (tertiary/aromatic N) is 3. The monoisotopic (exact) mass is 462 g/mol. The number of hydrogen-bond donors (Lipinski definition) is 1. The van der Waals surface area contributed by atoms with Crippen LogP contribution in [0.4, 0.5) is 5.69 Å². The number of nitrogens with one attached hydrogen (secondary N) is 1. The van der Waals surface area contributed by atoms with Crippen LogP contribution in [-0.2, 0) is 4.79 Å². The van der Waals surface area contributed by atoms with Crippen molar-refractivity contribution in [3.8, 4) is 0 Å². The average Bonchev–Trinajstić information content (AvgIpc) is 2.84. The lowest BCUT2D eigenvalue weighted by Crippen LogP contribution is -2.57. The maximum Gasteiger partial charge on any atom is 0.253 e. The topological polar surface area (TPSA) is 55.9 Å².